The first-order valence-electron chi connectivity index (χ1n) is 20.7. The third-order valence-electron chi connectivity index (χ3n) is 12.5. The van der Waals surface area contributed by atoms with Crippen molar-refractivity contribution in [2.45, 2.75) is 15.2 Å². The monoisotopic (exact) mass is 806 g/mol. The number of fused-ring (bicyclic) bond motifs is 10. The average Bonchev–Trinajstić information content (AvgIpc) is 3.65. The zero-order valence-electron chi connectivity index (χ0n) is 33.3. The van der Waals surface area contributed by atoms with Crippen molar-refractivity contribution in [3.8, 4) is 73.6 Å². The minimum atomic E-state index is -0.585. The van der Waals surface area contributed by atoms with Gasteiger partial charge in [-0.05, 0) is 85.3 Å². The third kappa shape index (κ3) is 5.44. The molecule has 0 bridgehead atoms. The smallest absolute Gasteiger partial charge is 0.164 e. The highest BCUT2D eigenvalue weighted by atomic mass is 32.2. The highest BCUT2D eigenvalue weighted by molar-refractivity contribution is 7.99. The highest BCUT2D eigenvalue weighted by Crippen LogP contribution is 2.65. The maximum Gasteiger partial charge on any atom is 0.164 e. The van der Waals surface area contributed by atoms with Crippen molar-refractivity contribution < 1.29 is 0 Å². The Morgan fingerprint density at radius 3 is 1.47 bits per heavy atom. The first-order chi connectivity index (χ1) is 30.7. The van der Waals surface area contributed by atoms with Gasteiger partial charge in [0.2, 0.25) is 0 Å². The lowest BCUT2D eigenvalue weighted by Gasteiger charge is -2.39. The van der Waals surface area contributed by atoms with Crippen molar-refractivity contribution in [3.63, 3.8) is 0 Å². The molecule has 62 heavy (non-hydrogen) atoms. The van der Waals surface area contributed by atoms with Crippen LogP contribution < -0.4 is 0 Å². The number of nitriles is 1. The Bertz CT molecular complexity index is 3360. The fourth-order valence-electron chi connectivity index (χ4n) is 9.85. The Morgan fingerprint density at radius 1 is 0.371 bits per heavy atom. The van der Waals surface area contributed by atoms with Gasteiger partial charge in [-0.25, -0.2) is 15.0 Å². The van der Waals surface area contributed by atoms with E-state index in [0.29, 0.717) is 23.0 Å². The molecule has 5 heteroatoms. The topological polar surface area (TPSA) is 62.5 Å². The van der Waals surface area contributed by atoms with Crippen LogP contribution in [0.4, 0.5) is 0 Å². The van der Waals surface area contributed by atoms with E-state index in [9.17, 15) is 5.26 Å². The highest BCUT2D eigenvalue weighted by Gasteiger charge is 2.51. The Labute approximate surface area is 363 Å². The second-order valence-electron chi connectivity index (χ2n) is 15.7. The fourth-order valence-corrected chi connectivity index (χ4v) is 11.0. The van der Waals surface area contributed by atoms with Crippen LogP contribution in [0.15, 0.2) is 216 Å². The summed E-state index contributed by atoms with van der Waals surface area (Å²) in [5.74, 6) is 1.87. The first-order valence-corrected chi connectivity index (χ1v) is 21.6. The molecule has 1 spiro atoms. The maximum absolute atomic E-state index is 10.2. The molecule has 0 amide bonds. The van der Waals surface area contributed by atoms with Crippen molar-refractivity contribution in [3.05, 3.63) is 234 Å². The van der Waals surface area contributed by atoms with Gasteiger partial charge >= 0.3 is 0 Å². The molecule has 4 nitrogen and oxygen atoms in total. The zero-order valence-corrected chi connectivity index (χ0v) is 34.1. The number of rotatable bonds is 5. The summed E-state index contributed by atoms with van der Waals surface area (Å²) in [6.07, 6.45) is 0. The second-order valence-corrected chi connectivity index (χ2v) is 16.8. The van der Waals surface area contributed by atoms with Crippen LogP contribution in [0.1, 0.15) is 27.8 Å². The van der Waals surface area contributed by atoms with Crippen LogP contribution in [0.3, 0.4) is 0 Å². The molecule has 1 aliphatic carbocycles. The zero-order chi connectivity index (χ0) is 41.2. The van der Waals surface area contributed by atoms with Crippen molar-refractivity contribution >= 4 is 22.5 Å². The molecule has 9 aromatic carbocycles. The fraction of sp³-hybridized carbons (Fsp3) is 0.0175. The van der Waals surface area contributed by atoms with E-state index in [1.807, 2.05) is 84.6 Å². The molecule has 288 valence electrons. The number of benzene rings is 9. The summed E-state index contributed by atoms with van der Waals surface area (Å²) >= 11 is 1.85. The summed E-state index contributed by atoms with van der Waals surface area (Å²) in [7, 11) is 0. The molecule has 0 fully saturated rings. The molecule has 1 aliphatic heterocycles. The lowest BCUT2D eigenvalue weighted by atomic mass is 9.67. The standard InChI is InChI=1S/C57H34N4S/c58-35-40-32-33-44(43-23-8-7-22-41(40)43)45-25-15-29-49-53(45)52-42(24-14-28-48(52)57(49)46-26-9-11-30-50(46)62-51-31-12-10-27-47(51)57)38-20-13-21-39(34-38)56-60-54(36-16-3-1-4-17-36)59-55(61-56)37-18-5-2-6-19-37/h1-34H. The van der Waals surface area contributed by atoms with E-state index in [1.165, 1.54) is 43.2 Å². The van der Waals surface area contributed by atoms with Crippen molar-refractivity contribution in [1.29, 1.82) is 5.26 Å². The van der Waals surface area contributed by atoms with Crippen LogP contribution in [0, 0.1) is 11.3 Å². The predicted molar refractivity (Wildman–Crippen MR) is 251 cm³/mol. The summed E-state index contributed by atoms with van der Waals surface area (Å²) < 4.78 is 0. The quantitative estimate of drug-likeness (QED) is 0.173. The Kier molecular flexibility index (Phi) is 8.35. The van der Waals surface area contributed by atoms with E-state index in [1.54, 1.807) is 0 Å². The normalized spacial score (nSPS) is 12.9. The summed E-state index contributed by atoms with van der Waals surface area (Å²) in [5.41, 5.74) is 14.7. The Morgan fingerprint density at radius 2 is 0.839 bits per heavy atom. The Balaban J connectivity index is 1.14. The van der Waals surface area contributed by atoms with Crippen LogP contribution in [0.5, 0.6) is 0 Å². The van der Waals surface area contributed by atoms with Crippen molar-refractivity contribution in [1.82, 2.24) is 15.0 Å². The number of nitrogens with zero attached hydrogens (tertiary/aromatic N) is 4. The van der Waals surface area contributed by atoms with Gasteiger partial charge in [-0.15, -0.1) is 0 Å². The van der Waals surface area contributed by atoms with Gasteiger partial charge in [0.1, 0.15) is 0 Å². The SMILES string of the molecule is N#Cc1ccc(-c2cccc3c2-c2c(-c4cccc(-c5nc(-c6ccccc6)nc(-c6ccccc6)n5)c4)cccc2C32c3ccccc3Sc3ccccc32)c2ccccc12. The molecule has 12 rings (SSSR count). The van der Waals surface area contributed by atoms with Gasteiger partial charge in [-0.1, -0.05) is 194 Å². The first kappa shape index (κ1) is 36.0. The minimum Gasteiger partial charge on any atom is -0.208 e. The van der Waals surface area contributed by atoms with E-state index in [0.717, 1.165) is 49.7 Å². The maximum atomic E-state index is 10.2. The molecule has 1 aromatic heterocycles. The van der Waals surface area contributed by atoms with Crippen molar-refractivity contribution in [2.75, 3.05) is 0 Å². The largest absolute Gasteiger partial charge is 0.208 e. The van der Waals surface area contributed by atoms with E-state index in [2.05, 4.69) is 140 Å². The van der Waals surface area contributed by atoms with Gasteiger partial charge in [-0.3, -0.25) is 0 Å². The van der Waals surface area contributed by atoms with E-state index in [-0.39, 0.29) is 0 Å². The van der Waals surface area contributed by atoms with Gasteiger partial charge in [0.05, 0.1) is 17.0 Å². The molecule has 0 N–H and O–H groups in total. The summed E-state index contributed by atoms with van der Waals surface area (Å²) in [5, 5.41) is 12.2. The lowest BCUT2D eigenvalue weighted by Crippen LogP contribution is -2.31. The molecule has 0 radical (unpaired) electrons. The van der Waals surface area contributed by atoms with Gasteiger partial charge in [0.15, 0.2) is 17.5 Å². The van der Waals surface area contributed by atoms with E-state index >= 15 is 0 Å². The summed E-state index contributed by atoms with van der Waals surface area (Å²) in [4.78, 5) is 17.7. The molecular formula is C57H34N4S. The summed E-state index contributed by atoms with van der Waals surface area (Å²) in [6, 6.07) is 75.2. The van der Waals surface area contributed by atoms with Gasteiger partial charge < -0.3 is 0 Å². The van der Waals surface area contributed by atoms with Crippen LogP contribution in [0.25, 0.3) is 78.3 Å². The second kappa shape index (κ2) is 14.4. The molecule has 10 aromatic rings. The third-order valence-corrected chi connectivity index (χ3v) is 13.6. The van der Waals surface area contributed by atoms with Gasteiger partial charge in [0, 0.05) is 31.9 Å². The molecule has 0 atom stereocenters. The molecule has 0 saturated heterocycles. The molecule has 2 aliphatic rings. The molecular weight excluding hydrogens is 773 g/mol. The number of hydrogen-bond donors (Lipinski definition) is 0. The van der Waals surface area contributed by atoms with Crippen LogP contribution in [0.2, 0.25) is 0 Å². The molecule has 2 heterocycles. The Hall–Kier alpha value is -7.91. The predicted octanol–water partition coefficient (Wildman–Crippen LogP) is 14.1. The summed E-state index contributed by atoms with van der Waals surface area (Å²) in [6.45, 7) is 0. The average molecular weight is 807 g/mol. The van der Waals surface area contributed by atoms with E-state index < -0.39 is 5.41 Å². The lowest BCUT2D eigenvalue weighted by molar-refractivity contribution is 0.722. The van der Waals surface area contributed by atoms with Crippen molar-refractivity contribution in [2.24, 2.45) is 0 Å². The van der Waals surface area contributed by atoms with E-state index in [4.69, 9.17) is 15.0 Å². The number of hydrogen-bond acceptors (Lipinski definition) is 5. The van der Waals surface area contributed by atoms with Crippen LogP contribution in [-0.2, 0) is 5.41 Å². The van der Waals surface area contributed by atoms with Crippen LogP contribution in [-0.4, -0.2) is 15.0 Å². The molecule has 0 unspecified atom stereocenters. The van der Waals surface area contributed by atoms with Gasteiger partial charge in [0.25, 0.3) is 0 Å². The van der Waals surface area contributed by atoms with Crippen LogP contribution >= 0.6 is 11.8 Å². The number of aromatic nitrogens is 3. The van der Waals surface area contributed by atoms with Gasteiger partial charge in [-0.2, -0.15) is 5.26 Å². The molecule has 0 saturated carbocycles. The minimum absolute atomic E-state index is 0.585.